The number of hydrogen-bond acceptors (Lipinski definition) is 5. The minimum atomic E-state index is -0.894. The average molecular weight is 486 g/mol. The molecule has 1 aliphatic rings. The lowest BCUT2D eigenvalue weighted by Gasteiger charge is -2.27. The number of methoxy groups -OCH3 is 1. The number of aliphatic hydroxyl groups is 1. The summed E-state index contributed by atoms with van der Waals surface area (Å²) in [6.07, 6.45) is 0. The predicted molar refractivity (Wildman–Crippen MR) is 140 cm³/mol. The second kappa shape index (κ2) is 9.19. The topological polar surface area (TPSA) is 87.1 Å². The quantitative estimate of drug-likeness (QED) is 0.271. The van der Waals surface area contributed by atoms with Crippen molar-refractivity contribution >= 4 is 23.1 Å². The molecule has 186 valence electrons. The summed E-state index contributed by atoms with van der Waals surface area (Å²) in [5.41, 5.74) is 4.04. The van der Waals surface area contributed by atoms with Gasteiger partial charge in [-0.2, -0.15) is 0 Å². The summed E-state index contributed by atoms with van der Waals surface area (Å²) in [5.74, 6) is -1.37. The number of benzene rings is 3. The highest BCUT2D eigenvalue weighted by Crippen LogP contribution is 2.45. The second-order valence-corrected chi connectivity index (χ2v) is 10.2. The van der Waals surface area contributed by atoms with Crippen molar-refractivity contribution in [1.82, 2.24) is 0 Å². The van der Waals surface area contributed by atoms with E-state index in [0.29, 0.717) is 22.6 Å². The van der Waals surface area contributed by atoms with E-state index in [1.54, 1.807) is 24.3 Å². The Morgan fingerprint density at radius 3 is 2.19 bits per heavy atom. The summed E-state index contributed by atoms with van der Waals surface area (Å²) in [4.78, 5) is 28.4. The molecule has 3 aromatic rings. The molecule has 6 heteroatoms. The molecule has 1 saturated heterocycles. The van der Waals surface area contributed by atoms with Crippen LogP contribution in [0.15, 0.2) is 66.2 Å². The van der Waals surface area contributed by atoms with Gasteiger partial charge in [0.1, 0.15) is 17.3 Å². The molecule has 1 amide bonds. The Labute approximate surface area is 211 Å². The number of rotatable bonds is 4. The summed E-state index contributed by atoms with van der Waals surface area (Å²) in [7, 11) is 1.49. The lowest BCUT2D eigenvalue weighted by atomic mass is 9.85. The van der Waals surface area contributed by atoms with Gasteiger partial charge >= 0.3 is 0 Å². The van der Waals surface area contributed by atoms with Crippen LogP contribution in [-0.4, -0.2) is 29.0 Å². The van der Waals surface area contributed by atoms with E-state index in [9.17, 15) is 19.8 Å². The number of aryl methyl sites for hydroxylation is 2. The van der Waals surface area contributed by atoms with Crippen LogP contribution in [0.1, 0.15) is 54.6 Å². The minimum absolute atomic E-state index is 0.0324. The smallest absolute Gasteiger partial charge is 0.300 e. The van der Waals surface area contributed by atoms with Gasteiger partial charge in [-0.15, -0.1) is 0 Å². The second-order valence-electron chi connectivity index (χ2n) is 10.2. The van der Waals surface area contributed by atoms with Crippen LogP contribution in [0.5, 0.6) is 11.5 Å². The molecule has 1 aliphatic heterocycles. The van der Waals surface area contributed by atoms with Crippen molar-refractivity contribution in [3.05, 3.63) is 94.1 Å². The molecular weight excluding hydrogens is 454 g/mol. The first kappa shape index (κ1) is 25.0. The normalized spacial score (nSPS) is 17.5. The number of hydrogen-bond donors (Lipinski definition) is 2. The summed E-state index contributed by atoms with van der Waals surface area (Å²) >= 11 is 0. The van der Waals surface area contributed by atoms with Crippen molar-refractivity contribution in [3.8, 4) is 11.5 Å². The predicted octanol–water partition coefficient (Wildman–Crippen LogP) is 5.94. The number of phenolic OH excluding ortho intramolecular Hbond substituents is 1. The fraction of sp³-hybridized carbons (Fsp3) is 0.267. The molecule has 1 fully saturated rings. The first-order valence-electron chi connectivity index (χ1n) is 11.8. The van der Waals surface area contributed by atoms with Crippen LogP contribution in [0.3, 0.4) is 0 Å². The van der Waals surface area contributed by atoms with E-state index in [0.717, 1.165) is 16.7 Å². The first-order valence-corrected chi connectivity index (χ1v) is 11.8. The number of aliphatic hydroxyl groups excluding tert-OH is 1. The van der Waals surface area contributed by atoms with Gasteiger partial charge in [-0.3, -0.25) is 14.5 Å². The first-order chi connectivity index (χ1) is 16.9. The van der Waals surface area contributed by atoms with Gasteiger partial charge in [-0.25, -0.2) is 0 Å². The highest BCUT2D eigenvalue weighted by molar-refractivity contribution is 6.51. The SMILES string of the molecule is COc1ccc(C(C)(C)C)cc1/C(O)=C1\C(=O)C(=O)N(c2ccc(C)cc2C)C1c1ccc(O)cc1. The molecule has 0 aromatic heterocycles. The molecule has 4 rings (SSSR count). The molecule has 0 aliphatic carbocycles. The maximum absolute atomic E-state index is 13.5. The Balaban J connectivity index is 2.01. The number of anilines is 1. The Morgan fingerprint density at radius 1 is 0.944 bits per heavy atom. The highest BCUT2D eigenvalue weighted by Gasteiger charge is 2.47. The van der Waals surface area contributed by atoms with E-state index in [1.165, 1.54) is 24.1 Å². The number of ether oxygens (including phenoxy) is 1. The minimum Gasteiger partial charge on any atom is -0.508 e. The van der Waals surface area contributed by atoms with Crippen LogP contribution in [0.2, 0.25) is 0 Å². The number of phenols is 1. The molecule has 0 saturated carbocycles. The van der Waals surface area contributed by atoms with E-state index in [-0.39, 0.29) is 22.5 Å². The highest BCUT2D eigenvalue weighted by atomic mass is 16.5. The van der Waals surface area contributed by atoms with Gasteiger partial charge in [0.05, 0.1) is 24.3 Å². The van der Waals surface area contributed by atoms with Crippen molar-refractivity contribution in [2.45, 2.75) is 46.1 Å². The summed E-state index contributed by atoms with van der Waals surface area (Å²) < 4.78 is 5.52. The molecule has 3 aromatic carbocycles. The van der Waals surface area contributed by atoms with Gasteiger partial charge in [0.15, 0.2) is 0 Å². The fourth-order valence-electron chi connectivity index (χ4n) is 4.63. The Bertz CT molecular complexity index is 1380. The maximum Gasteiger partial charge on any atom is 0.300 e. The van der Waals surface area contributed by atoms with Gasteiger partial charge in [0.2, 0.25) is 0 Å². The molecule has 0 bridgehead atoms. The third kappa shape index (κ3) is 4.35. The summed E-state index contributed by atoms with van der Waals surface area (Å²) in [5, 5.41) is 21.5. The average Bonchev–Trinajstić information content (AvgIpc) is 3.08. The third-order valence-corrected chi connectivity index (χ3v) is 6.59. The van der Waals surface area contributed by atoms with Gasteiger partial charge in [-0.1, -0.05) is 56.7 Å². The zero-order chi connectivity index (χ0) is 26.4. The zero-order valence-corrected chi connectivity index (χ0v) is 21.4. The number of nitrogens with zero attached hydrogens (tertiary/aromatic N) is 1. The van der Waals surface area contributed by atoms with Crippen LogP contribution >= 0.6 is 0 Å². The molecule has 36 heavy (non-hydrogen) atoms. The molecule has 1 heterocycles. The van der Waals surface area contributed by atoms with Gasteiger partial charge < -0.3 is 14.9 Å². The lowest BCUT2D eigenvalue weighted by Crippen LogP contribution is -2.30. The van der Waals surface area contributed by atoms with Gasteiger partial charge in [0, 0.05) is 5.69 Å². The van der Waals surface area contributed by atoms with E-state index < -0.39 is 17.7 Å². The van der Waals surface area contributed by atoms with Crippen molar-refractivity contribution in [2.24, 2.45) is 0 Å². The number of amides is 1. The van der Waals surface area contributed by atoms with E-state index in [4.69, 9.17) is 4.74 Å². The van der Waals surface area contributed by atoms with Gasteiger partial charge in [-0.05, 0) is 66.3 Å². The van der Waals surface area contributed by atoms with Crippen molar-refractivity contribution in [2.75, 3.05) is 12.0 Å². The summed E-state index contributed by atoms with van der Waals surface area (Å²) in [6.45, 7) is 9.98. The van der Waals surface area contributed by atoms with E-state index in [1.807, 2.05) is 58.9 Å². The van der Waals surface area contributed by atoms with E-state index in [2.05, 4.69) is 0 Å². The standard InChI is InChI=1S/C30H31NO5/c1-17-7-13-23(18(2)15-17)31-26(19-8-11-21(32)12-9-19)25(28(34)29(31)35)27(33)22-16-20(30(3,4)5)10-14-24(22)36-6/h7-16,26,32-33H,1-6H3/b27-25+. The number of aromatic hydroxyl groups is 1. The molecule has 0 spiro atoms. The number of carbonyl (C=O) groups excluding carboxylic acids is 2. The van der Waals surface area contributed by atoms with Crippen LogP contribution in [-0.2, 0) is 15.0 Å². The number of ketones is 1. The summed E-state index contributed by atoms with van der Waals surface area (Å²) in [6, 6.07) is 16.5. The third-order valence-electron chi connectivity index (χ3n) is 6.59. The Kier molecular flexibility index (Phi) is 6.39. The maximum atomic E-state index is 13.5. The fourth-order valence-corrected chi connectivity index (χ4v) is 4.63. The number of carbonyl (C=O) groups is 2. The van der Waals surface area contributed by atoms with Crippen molar-refractivity contribution in [3.63, 3.8) is 0 Å². The lowest BCUT2D eigenvalue weighted by molar-refractivity contribution is -0.132. The van der Waals surface area contributed by atoms with Crippen molar-refractivity contribution < 1.29 is 24.5 Å². The Morgan fingerprint density at radius 2 is 1.61 bits per heavy atom. The largest absolute Gasteiger partial charge is 0.508 e. The van der Waals surface area contributed by atoms with Crippen LogP contribution in [0.4, 0.5) is 5.69 Å². The monoisotopic (exact) mass is 485 g/mol. The van der Waals surface area contributed by atoms with Crippen LogP contribution < -0.4 is 9.64 Å². The number of Topliss-reactive ketones (excluding diaryl/α,β-unsaturated/α-hetero) is 1. The molecule has 1 atom stereocenters. The van der Waals surface area contributed by atoms with Crippen LogP contribution in [0.25, 0.3) is 5.76 Å². The van der Waals surface area contributed by atoms with Crippen LogP contribution in [0, 0.1) is 13.8 Å². The van der Waals surface area contributed by atoms with Gasteiger partial charge in [0.25, 0.3) is 11.7 Å². The zero-order valence-electron chi connectivity index (χ0n) is 21.4. The van der Waals surface area contributed by atoms with Crippen molar-refractivity contribution in [1.29, 1.82) is 0 Å². The molecule has 6 nitrogen and oxygen atoms in total. The Hall–Kier alpha value is -4.06. The molecule has 0 radical (unpaired) electrons. The molecule has 1 unspecified atom stereocenters. The van der Waals surface area contributed by atoms with E-state index >= 15 is 0 Å². The molecular formula is C30H31NO5. The molecule has 2 N–H and O–H groups in total.